The van der Waals surface area contributed by atoms with Gasteiger partial charge in [0.15, 0.2) is 0 Å². The van der Waals surface area contributed by atoms with Gasteiger partial charge in [0, 0.05) is 0 Å². The number of benzene rings is 1. The Morgan fingerprint density at radius 2 is 2.05 bits per heavy atom. The predicted octanol–water partition coefficient (Wildman–Crippen LogP) is 0.776. The minimum absolute atomic E-state index is 0.0397. The molecular formula is C15H22N2O4S. The lowest BCUT2D eigenvalue weighted by Crippen LogP contribution is -2.60. The Bertz CT molecular complexity index is 639. The molecule has 1 N–H and O–H groups in total. The number of hydrogen-bond acceptors (Lipinski definition) is 4. The second kappa shape index (κ2) is 6.66. The first-order chi connectivity index (χ1) is 10.3. The summed E-state index contributed by atoms with van der Waals surface area (Å²) in [6.45, 7) is 4.57. The van der Waals surface area contributed by atoms with Crippen LogP contribution in [0.25, 0.3) is 0 Å². The number of amides is 1. The topological polar surface area (TPSA) is 75.7 Å². The second-order valence-corrected chi connectivity index (χ2v) is 7.34. The van der Waals surface area contributed by atoms with Crippen LogP contribution in [0.2, 0.25) is 0 Å². The summed E-state index contributed by atoms with van der Waals surface area (Å²) in [5.74, 6) is 0.624. The molecule has 1 atom stereocenters. The van der Waals surface area contributed by atoms with E-state index in [1.165, 1.54) is 0 Å². The molecular weight excluding hydrogens is 304 g/mol. The quantitative estimate of drug-likeness (QED) is 0.838. The summed E-state index contributed by atoms with van der Waals surface area (Å²) in [6.07, 6.45) is 1.89. The average Bonchev–Trinajstić information content (AvgIpc) is 2.40. The van der Waals surface area contributed by atoms with Gasteiger partial charge < -0.3 is 9.64 Å². The molecule has 2 rings (SSSR count). The Balaban J connectivity index is 1.86. The lowest BCUT2D eigenvalue weighted by atomic mass is 10.1. The van der Waals surface area contributed by atoms with E-state index in [1.807, 2.05) is 24.3 Å². The number of aryl methyl sites for hydroxylation is 1. The molecule has 0 aromatic heterocycles. The summed E-state index contributed by atoms with van der Waals surface area (Å²) in [4.78, 5) is 13.7. The van der Waals surface area contributed by atoms with E-state index in [0.717, 1.165) is 24.0 Å². The van der Waals surface area contributed by atoms with Gasteiger partial charge in [-0.3, -0.25) is 4.79 Å². The molecule has 1 aromatic rings. The maximum absolute atomic E-state index is 12.1. The molecule has 1 amide bonds. The SMILES string of the molecule is CCc1ccccc1OC1CN(C(=O)[C@@H](C)NS(C)(=O)=O)C1. The number of sulfonamides is 1. The fourth-order valence-corrected chi connectivity index (χ4v) is 3.17. The number of carbonyl (C=O) groups excluding carboxylic acids is 1. The van der Waals surface area contributed by atoms with Crippen LogP contribution in [0.1, 0.15) is 19.4 Å². The molecule has 22 heavy (non-hydrogen) atoms. The summed E-state index contributed by atoms with van der Waals surface area (Å²) < 4.78 is 30.5. The number of carbonyl (C=O) groups is 1. The summed E-state index contributed by atoms with van der Waals surface area (Å²) >= 11 is 0. The van der Waals surface area contributed by atoms with Crippen molar-refractivity contribution in [2.24, 2.45) is 0 Å². The molecule has 1 aliphatic rings. The summed E-state index contributed by atoms with van der Waals surface area (Å²) in [5, 5.41) is 0. The fraction of sp³-hybridized carbons (Fsp3) is 0.533. The van der Waals surface area contributed by atoms with E-state index in [-0.39, 0.29) is 12.0 Å². The molecule has 0 bridgehead atoms. The van der Waals surface area contributed by atoms with E-state index in [2.05, 4.69) is 11.6 Å². The zero-order chi connectivity index (χ0) is 16.3. The highest BCUT2D eigenvalue weighted by Gasteiger charge is 2.35. The maximum Gasteiger partial charge on any atom is 0.240 e. The smallest absolute Gasteiger partial charge is 0.240 e. The highest BCUT2D eigenvalue weighted by atomic mass is 32.2. The van der Waals surface area contributed by atoms with E-state index in [0.29, 0.717) is 13.1 Å². The number of para-hydroxylation sites is 1. The minimum Gasteiger partial charge on any atom is -0.486 e. The lowest BCUT2D eigenvalue weighted by Gasteiger charge is -2.40. The number of ether oxygens (including phenoxy) is 1. The van der Waals surface area contributed by atoms with Crippen LogP contribution in [-0.2, 0) is 21.2 Å². The van der Waals surface area contributed by atoms with Crippen LogP contribution in [-0.4, -0.2) is 50.7 Å². The van der Waals surface area contributed by atoms with Crippen molar-refractivity contribution in [1.29, 1.82) is 0 Å². The molecule has 1 heterocycles. The van der Waals surface area contributed by atoms with Crippen LogP contribution in [0.15, 0.2) is 24.3 Å². The van der Waals surface area contributed by atoms with Crippen LogP contribution in [0.5, 0.6) is 5.75 Å². The van der Waals surface area contributed by atoms with Crippen LogP contribution >= 0.6 is 0 Å². The highest BCUT2D eigenvalue weighted by Crippen LogP contribution is 2.23. The van der Waals surface area contributed by atoms with E-state index in [1.54, 1.807) is 11.8 Å². The Labute approximate surface area is 131 Å². The van der Waals surface area contributed by atoms with Crippen molar-refractivity contribution in [3.8, 4) is 5.75 Å². The van der Waals surface area contributed by atoms with Crippen molar-refractivity contribution >= 4 is 15.9 Å². The zero-order valence-corrected chi connectivity index (χ0v) is 13.9. The molecule has 1 saturated heterocycles. The number of nitrogens with zero attached hydrogens (tertiary/aromatic N) is 1. The molecule has 6 nitrogen and oxygen atoms in total. The van der Waals surface area contributed by atoms with Gasteiger partial charge in [0.2, 0.25) is 15.9 Å². The van der Waals surface area contributed by atoms with Gasteiger partial charge >= 0.3 is 0 Å². The van der Waals surface area contributed by atoms with E-state index >= 15 is 0 Å². The Morgan fingerprint density at radius 1 is 1.41 bits per heavy atom. The van der Waals surface area contributed by atoms with Crippen LogP contribution in [0.3, 0.4) is 0 Å². The van der Waals surface area contributed by atoms with Gasteiger partial charge in [0.25, 0.3) is 0 Å². The molecule has 1 aromatic carbocycles. The van der Waals surface area contributed by atoms with Crippen molar-refractivity contribution in [3.63, 3.8) is 0 Å². The highest BCUT2D eigenvalue weighted by molar-refractivity contribution is 7.88. The van der Waals surface area contributed by atoms with E-state index in [9.17, 15) is 13.2 Å². The van der Waals surface area contributed by atoms with Crippen LogP contribution < -0.4 is 9.46 Å². The van der Waals surface area contributed by atoms with Crippen molar-refractivity contribution in [2.45, 2.75) is 32.4 Å². The van der Waals surface area contributed by atoms with E-state index < -0.39 is 16.1 Å². The van der Waals surface area contributed by atoms with Crippen LogP contribution in [0, 0.1) is 0 Å². The Hall–Kier alpha value is -1.60. The van der Waals surface area contributed by atoms with Crippen molar-refractivity contribution in [1.82, 2.24) is 9.62 Å². The summed E-state index contributed by atoms with van der Waals surface area (Å²) in [7, 11) is -3.39. The molecule has 1 fully saturated rings. The van der Waals surface area contributed by atoms with Crippen LogP contribution in [0.4, 0.5) is 0 Å². The molecule has 0 radical (unpaired) electrons. The van der Waals surface area contributed by atoms with Gasteiger partial charge in [-0.15, -0.1) is 0 Å². The Kier molecular flexibility index (Phi) is 5.08. The molecule has 0 spiro atoms. The minimum atomic E-state index is -3.39. The average molecular weight is 326 g/mol. The lowest BCUT2D eigenvalue weighted by molar-refractivity contribution is -0.141. The van der Waals surface area contributed by atoms with Gasteiger partial charge in [-0.25, -0.2) is 13.1 Å². The van der Waals surface area contributed by atoms with Gasteiger partial charge in [0.05, 0.1) is 25.4 Å². The Morgan fingerprint density at radius 3 is 2.64 bits per heavy atom. The molecule has 0 unspecified atom stereocenters. The third-order valence-electron chi connectivity index (χ3n) is 3.57. The maximum atomic E-state index is 12.1. The molecule has 7 heteroatoms. The molecule has 0 aliphatic carbocycles. The van der Waals surface area contributed by atoms with Crippen molar-refractivity contribution < 1.29 is 17.9 Å². The normalized spacial score (nSPS) is 17.0. The molecule has 122 valence electrons. The second-order valence-electron chi connectivity index (χ2n) is 5.56. The first kappa shape index (κ1) is 16.8. The van der Waals surface area contributed by atoms with Crippen molar-refractivity contribution in [2.75, 3.05) is 19.3 Å². The number of rotatable bonds is 6. The largest absolute Gasteiger partial charge is 0.486 e. The number of hydrogen-bond donors (Lipinski definition) is 1. The van der Waals surface area contributed by atoms with Gasteiger partial charge in [-0.1, -0.05) is 25.1 Å². The first-order valence-electron chi connectivity index (χ1n) is 7.30. The van der Waals surface area contributed by atoms with Crippen molar-refractivity contribution in [3.05, 3.63) is 29.8 Å². The third kappa shape index (κ3) is 4.20. The van der Waals surface area contributed by atoms with Gasteiger partial charge in [0.1, 0.15) is 11.9 Å². The fourth-order valence-electron chi connectivity index (χ4n) is 2.43. The number of likely N-dealkylation sites (tertiary alicyclic amines) is 1. The first-order valence-corrected chi connectivity index (χ1v) is 9.20. The standard InChI is InChI=1S/C15H22N2O4S/c1-4-12-7-5-6-8-14(12)21-13-9-17(10-13)15(18)11(2)16-22(3,19)20/h5-8,11,13,16H,4,9-10H2,1-3H3/t11-/m1/s1. The van der Waals surface area contributed by atoms with E-state index in [4.69, 9.17) is 4.74 Å². The zero-order valence-electron chi connectivity index (χ0n) is 13.1. The third-order valence-corrected chi connectivity index (χ3v) is 4.35. The van der Waals surface area contributed by atoms with Gasteiger partial charge in [-0.05, 0) is 25.0 Å². The van der Waals surface area contributed by atoms with Gasteiger partial charge in [-0.2, -0.15) is 0 Å². The predicted molar refractivity (Wildman–Crippen MR) is 84.3 cm³/mol. The number of nitrogens with one attached hydrogen (secondary N) is 1. The summed E-state index contributed by atoms with van der Waals surface area (Å²) in [5.41, 5.74) is 1.14. The molecule has 0 saturated carbocycles. The monoisotopic (exact) mass is 326 g/mol. The summed E-state index contributed by atoms with van der Waals surface area (Å²) in [6, 6.07) is 7.10. The molecule has 1 aliphatic heterocycles.